The van der Waals surface area contributed by atoms with E-state index in [1.165, 1.54) is 0 Å². The van der Waals surface area contributed by atoms with Gasteiger partial charge in [-0.15, -0.1) is 0 Å². The van der Waals surface area contributed by atoms with Crippen LogP contribution < -0.4 is 19.9 Å². The van der Waals surface area contributed by atoms with Crippen LogP contribution in [0.1, 0.15) is 43.9 Å². The van der Waals surface area contributed by atoms with Gasteiger partial charge in [0.15, 0.2) is 11.5 Å². The minimum atomic E-state index is -1.26. The number of nitrogens with zero attached hydrogens (tertiary/aromatic N) is 1. The predicted molar refractivity (Wildman–Crippen MR) is 101 cm³/mol. The van der Waals surface area contributed by atoms with Crippen LogP contribution in [0.3, 0.4) is 0 Å². The summed E-state index contributed by atoms with van der Waals surface area (Å²) in [6, 6.07) is 12.6. The standard InChI is InChI=1S/C21H24N2O4/c1-3-11-26-18-10-7-16(13-19(18)27-12-4-2)20(21(24)25)23-17-8-5-15(14-22)6-9-17/h5-10,13,20,23H,3-4,11-12H2,1-2H3,(H,24,25)/p-1. The number of carboxylic acids is 1. The number of anilines is 1. The molecule has 0 saturated carbocycles. The van der Waals surface area contributed by atoms with Crippen molar-refractivity contribution in [1.82, 2.24) is 0 Å². The summed E-state index contributed by atoms with van der Waals surface area (Å²) in [5.74, 6) is -0.164. The molecule has 0 heterocycles. The van der Waals surface area contributed by atoms with Crippen LogP contribution in [0.5, 0.6) is 11.5 Å². The third-order valence-electron chi connectivity index (χ3n) is 3.79. The van der Waals surface area contributed by atoms with Gasteiger partial charge in [-0.05, 0) is 54.8 Å². The lowest BCUT2D eigenvalue weighted by Gasteiger charge is -2.23. The number of hydrogen-bond donors (Lipinski definition) is 1. The Labute approximate surface area is 159 Å². The Kier molecular flexibility index (Phi) is 7.50. The zero-order valence-electron chi connectivity index (χ0n) is 15.5. The molecule has 0 fully saturated rings. The second kappa shape index (κ2) is 10.1. The van der Waals surface area contributed by atoms with Gasteiger partial charge in [0.1, 0.15) is 0 Å². The van der Waals surface area contributed by atoms with E-state index in [1.807, 2.05) is 19.9 Å². The minimum Gasteiger partial charge on any atom is -0.548 e. The van der Waals surface area contributed by atoms with Crippen molar-refractivity contribution in [2.24, 2.45) is 0 Å². The van der Waals surface area contributed by atoms with Gasteiger partial charge in [0.2, 0.25) is 0 Å². The average Bonchev–Trinajstić information content (AvgIpc) is 2.69. The molecule has 0 saturated heterocycles. The molecule has 0 spiro atoms. The fourth-order valence-electron chi connectivity index (χ4n) is 2.45. The number of carbonyl (C=O) groups excluding carboxylic acids is 1. The van der Waals surface area contributed by atoms with Crippen molar-refractivity contribution in [3.05, 3.63) is 53.6 Å². The summed E-state index contributed by atoms with van der Waals surface area (Å²) in [4.78, 5) is 11.7. The molecular weight excluding hydrogens is 344 g/mol. The molecule has 6 heteroatoms. The fraction of sp³-hybridized carbons (Fsp3) is 0.333. The zero-order valence-corrected chi connectivity index (χ0v) is 15.5. The number of rotatable bonds is 10. The first-order valence-electron chi connectivity index (χ1n) is 8.96. The van der Waals surface area contributed by atoms with Gasteiger partial charge in [0, 0.05) is 5.69 Å². The minimum absolute atomic E-state index is 0.495. The Morgan fingerprint density at radius 2 is 1.70 bits per heavy atom. The average molecular weight is 367 g/mol. The molecule has 142 valence electrons. The van der Waals surface area contributed by atoms with Crippen molar-refractivity contribution in [2.75, 3.05) is 18.5 Å². The highest BCUT2D eigenvalue weighted by molar-refractivity contribution is 5.78. The van der Waals surface area contributed by atoms with Crippen LogP contribution >= 0.6 is 0 Å². The number of aliphatic carboxylic acids is 1. The molecule has 0 bridgehead atoms. The summed E-state index contributed by atoms with van der Waals surface area (Å²) in [7, 11) is 0. The number of nitriles is 1. The maximum atomic E-state index is 11.7. The van der Waals surface area contributed by atoms with E-state index >= 15 is 0 Å². The van der Waals surface area contributed by atoms with Gasteiger partial charge < -0.3 is 24.7 Å². The first kappa shape index (κ1) is 20.1. The van der Waals surface area contributed by atoms with E-state index in [2.05, 4.69) is 5.32 Å². The van der Waals surface area contributed by atoms with E-state index in [-0.39, 0.29) is 0 Å². The summed E-state index contributed by atoms with van der Waals surface area (Å²) >= 11 is 0. The van der Waals surface area contributed by atoms with E-state index < -0.39 is 12.0 Å². The second-order valence-electron chi connectivity index (χ2n) is 5.99. The summed E-state index contributed by atoms with van der Waals surface area (Å²) in [5.41, 5.74) is 1.57. The van der Waals surface area contributed by atoms with E-state index in [0.29, 0.717) is 41.5 Å². The molecule has 6 nitrogen and oxygen atoms in total. The van der Waals surface area contributed by atoms with E-state index in [1.54, 1.807) is 42.5 Å². The largest absolute Gasteiger partial charge is 0.548 e. The highest BCUT2D eigenvalue weighted by atomic mass is 16.5. The van der Waals surface area contributed by atoms with Gasteiger partial charge in [-0.1, -0.05) is 19.9 Å². The van der Waals surface area contributed by atoms with Crippen LogP contribution in [0.15, 0.2) is 42.5 Å². The Bertz CT molecular complexity index is 797. The van der Waals surface area contributed by atoms with Crippen LogP contribution in [0.2, 0.25) is 0 Å². The lowest BCUT2D eigenvalue weighted by atomic mass is 10.1. The summed E-state index contributed by atoms with van der Waals surface area (Å²) in [6.45, 7) is 5.06. The van der Waals surface area contributed by atoms with Crippen LogP contribution in [0.4, 0.5) is 5.69 Å². The van der Waals surface area contributed by atoms with Gasteiger partial charge >= 0.3 is 0 Å². The van der Waals surface area contributed by atoms with Crippen LogP contribution in [-0.2, 0) is 4.79 Å². The molecular formula is C21H23N2O4-. The number of nitrogens with one attached hydrogen (secondary N) is 1. The molecule has 0 aromatic heterocycles. The van der Waals surface area contributed by atoms with Crippen molar-refractivity contribution in [2.45, 2.75) is 32.7 Å². The fourth-order valence-corrected chi connectivity index (χ4v) is 2.45. The second-order valence-corrected chi connectivity index (χ2v) is 5.99. The zero-order chi connectivity index (χ0) is 19.6. The van der Waals surface area contributed by atoms with Crippen molar-refractivity contribution < 1.29 is 19.4 Å². The first-order chi connectivity index (χ1) is 13.1. The molecule has 27 heavy (non-hydrogen) atoms. The van der Waals surface area contributed by atoms with Gasteiger partial charge in [-0.3, -0.25) is 0 Å². The summed E-state index contributed by atoms with van der Waals surface area (Å²) in [6.07, 6.45) is 1.68. The molecule has 0 aliphatic carbocycles. The molecule has 0 amide bonds. The highest BCUT2D eigenvalue weighted by Gasteiger charge is 2.16. The van der Waals surface area contributed by atoms with Gasteiger partial charge in [0.25, 0.3) is 0 Å². The van der Waals surface area contributed by atoms with E-state index in [4.69, 9.17) is 14.7 Å². The van der Waals surface area contributed by atoms with Gasteiger partial charge in [0.05, 0.1) is 36.9 Å². The van der Waals surface area contributed by atoms with Crippen molar-refractivity contribution >= 4 is 11.7 Å². The topological polar surface area (TPSA) is 94.4 Å². The normalized spacial score (nSPS) is 11.3. The molecule has 0 aliphatic rings. The predicted octanol–water partition coefficient (Wildman–Crippen LogP) is 3.04. The van der Waals surface area contributed by atoms with Crippen LogP contribution in [-0.4, -0.2) is 19.2 Å². The summed E-state index contributed by atoms with van der Waals surface area (Å²) in [5, 5.41) is 23.5. The Morgan fingerprint density at radius 3 is 2.26 bits per heavy atom. The Morgan fingerprint density at radius 1 is 1.07 bits per heavy atom. The molecule has 2 rings (SSSR count). The Balaban J connectivity index is 2.28. The lowest BCUT2D eigenvalue weighted by molar-refractivity contribution is -0.307. The quantitative estimate of drug-likeness (QED) is 0.694. The first-order valence-corrected chi connectivity index (χ1v) is 8.96. The number of hydrogen-bond acceptors (Lipinski definition) is 6. The van der Waals surface area contributed by atoms with E-state index in [9.17, 15) is 9.90 Å². The molecule has 1 atom stereocenters. The van der Waals surface area contributed by atoms with Gasteiger partial charge in [-0.2, -0.15) is 5.26 Å². The number of carboxylic acid groups (broad SMARTS) is 1. The highest BCUT2D eigenvalue weighted by Crippen LogP contribution is 2.32. The molecule has 0 radical (unpaired) electrons. The van der Waals surface area contributed by atoms with Crippen molar-refractivity contribution in [1.29, 1.82) is 5.26 Å². The maximum absolute atomic E-state index is 11.7. The molecule has 2 aromatic rings. The third kappa shape index (κ3) is 5.65. The number of benzene rings is 2. The number of carbonyl (C=O) groups is 1. The molecule has 0 aliphatic heterocycles. The van der Waals surface area contributed by atoms with Crippen LogP contribution in [0, 0.1) is 11.3 Å². The van der Waals surface area contributed by atoms with Gasteiger partial charge in [-0.25, -0.2) is 0 Å². The molecule has 2 aromatic carbocycles. The van der Waals surface area contributed by atoms with Crippen molar-refractivity contribution in [3.63, 3.8) is 0 Å². The lowest BCUT2D eigenvalue weighted by Crippen LogP contribution is -2.34. The monoisotopic (exact) mass is 367 g/mol. The van der Waals surface area contributed by atoms with Crippen molar-refractivity contribution in [3.8, 4) is 17.6 Å². The maximum Gasteiger partial charge on any atom is 0.161 e. The smallest absolute Gasteiger partial charge is 0.161 e. The molecule has 1 N–H and O–H groups in total. The SMILES string of the molecule is CCCOc1ccc(C(Nc2ccc(C#N)cc2)C(=O)[O-])cc1OCCC. The summed E-state index contributed by atoms with van der Waals surface area (Å²) < 4.78 is 11.4. The Hall–Kier alpha value is -3.20. The van der Waals surface area contributed by atoms with Crippen LogP contribution in [0.25, 0.3) is 0 Å². The number of ether oxygens (including phenoxy) is 2. The third-order valence-corrected chi connectivity index (χ3v) is 3.79. The molecule has 1 unspecified atom stereocenters. The van der Waals surface area contributed by atoms with E-state index in [0.717, 1.165) is 12.8 Å².